The van der Waals surface area contributed by atoms with Crippen molar-refractivity contribution >= 4 is 41.8 Å². The molecule has 12 nitrogen and oxygen atoms in total. The summed E-state index contributed by atoms with van der Waals surface area (Å²) >= 11 is 0. The smallest absolute Gasteiger partial charge is 0.396 e. The zero-order valence-electron chi connectivity index (χ0n) is 23.9. The predicted octanol–water partition coefficient (Wildman–Crippen LogP) is 5.22. The van der Waals surface area contributed by atoms with Crippen LogP contribution in [0.5, 0.6) is 0 Å². The van der Waals surface area contributed by atoms with E-state index < -0.39 is 66.7 Å². The number of phosphoric ester groups is 1. The van der Waals surface area contributed by atoms with Crippen LogP contribution < -0.4 is 10.2 Å². The van der Waals surface area contributed by atoms with Crippen molar-refractivity contribution in [2.75, 3.05) is 31.2 Å². The standard InChI is InChI=1S/C26H33F3N3O9P/c1-24(2,3)40-42(38,41-25(4,5)6)39-10-9-30-22(34)15-7-8-17-18(11-15)19(32(36)37)12-20-21(17)16(14-33)13-31(20)23(35)26(27,28)29/h7-8,11-12,16,33H,9-10,13-14H2,1-6H3,(H,30,34). The maximum atomic E-state index is 13.2. The van der Waals surface area contributed by atoms with Crippen LogP contribution in [0.15, 0.2) is 24.3 Å². The molecule has 2 aromatic carbocycles. The van der Waals surface area contributed by atoms with Gasteiger partial charge in [-0.3, -0.25) is 33.3 Å². The number of carbonyl (C=O) groups is 2. The fraction of sp³-hybridized carbons (Fsp3) is 0.538. The van der Waals surface area contributed by atoms with Gasteiger partial charge in [-0.1, -0.05) is 6.07 Å². The molecule has 2 aromatic rings. The monoisotopic (exact) mass is 619 g/mol. The highest BCUT2D eigenvalue weighted by molar-refractivity contribution is 7.48. The maximum Gasteiger partial charge on any atom is 0.475 e. The Hall–Kier alpha value is -3.10. The summed E-state index contributed by atoms with van der Waals surface area (Å²) < 4.78 is 69.1. The van der Waals surface area contributed by atoms with Crippen molar-refractivity contribution in [3.63, 3.8) is 0 Å². The van der Waals surface area contributed by atoms with Crippen molar-refractivity contribution in [1.82, 2.24) is 5.32 Å². The number of amides is 2. The molecule has 0 spiro atoms. The summed E-state index contributed by atoms with van der Waals surface area (Å²) in [6.45, 7) is 8.44. The summed E-state index contributed by atoms with van der Waals surface area (Å²) in [5.41, 5.74) is -2.58. The van der Waals surface area contributed by atoms with E-state index in [1.54, 1.807) is 41.5 Å². The van der Waals surface area contributed by atoms with Crippen LogP contribution in [0.2, 0.25) is 0 Å². The number of alkyl halides is 3. The fourth-order valence-corrected chi connectivity index (χ4v) is 6.23. The van der Waals surface area contributed by atoms with Gasteiger partial charge in [-0.05, 0) is 64.6 Å². The van der Waals surface area contributed by atoms with E-state index >= 15 is 0 Å². The number of phosphoric acid groups is 1. The number of benzene rings is 2. The fourth-order valence-electron chi connectivity index (χ4n) is 4.43. The summed E-state index contributed by atoms with van der Waals surface area (Å²) in [6, 6.07) is 4.66. The lowest BCUT2D eigenvalue weighted by Crippen LogP contribution is -2.40. The Morgan fingerprint density at radius 1 is 1.10 bits per heavy atom. The molecular formula is C26H33F3N3O9P. The number of rotatable bonds is 9. The maximum absolute atomic E-state index is 13.2. The van der Waals surface area contributed by atoms with Crippen LogP contribution in [0, 0.1) is 10.1 Å². The van der Waals surface area contributed by atoms with Gasteiger partial charge < -0.3 is 15.3 Å². The Morgan fingerprint density at radius 2 is 1.69 bits per heavy atom. The second-order valence-corrected chi connectivity index (χ2v) is 13.1. The minimum absolute atomic E-state index is 0.0209. The lowest BCUT2D eigenvalue weighted by molar-refractivity contribution is -0.383. The van der Waals surface area contributed by atoms with Crippen molar-refractivity contribution < 1.29 is 50.9 Å². The first-order chi connectivity index (χ1) is 19.2. The van der Waals surface area contributed by atoms with Crippen LogP contribution >= 0.6 is 7.82 Å². The van der Waals surface area contributed by atoms with Crippen molar-refractivity contribution in [3.8, 4) is 0 Å². The highest BCUT2D eigenvalue weighted by Crippen LogP contribution is 2.55. The van der Waals surface area contributed by atoms with E-state index in [2.05, 4.69) is 5.32 Å². The van der Waals surface area contributed by atoms with Crippen molar-refractivity contribution in [1.29, 1.82) is 0 Å². The van der Waals surface area contributed by atoms with Crippen LogP contribution in [0.4, 0.5) is 24.5 Å². The van der Waals surface area contributed by atoms with Crippen molar-refractivity contribution in [3.05, 3.63) is 45.5 Å². The third-order valence-corrected chi connectivity index (χ3v) is 7.85. The molecular weight excluding hydrogens is 586 g/mol. The number of nitro groups is 1. The predicted molar refractivity (Wildman–Crippen MR) is 146 cm³/mol. The third-order valence-electron chi connectivity index (χ3n) is 5.81. The molecule has 0 aromatic heterocycles. The molecule has 232 valence electrons. The van der Waals surface area contributed by atoms with Gasteiger partial charge in [-0.2, -0.15) is 13.2 Å². The number of nitro benzene ring substituents is 1. The van der Waals surface area contributed by atoms with E-state index in [0.717, 1.165) is 6.07 Å². The number of carbonyl (C=O) groups excluding carboxylic acids is 2. The number of nitrogens with one attached hydrogen (secondary N) is 1. The SMILES string of the molecule is CC(C)(C)OP(=O)(OCCNC(=O)c1ccc2c3c(cc([N+](=O)[O-])c2c1)N(C(=O)C(F)(F)F)CC3CO)OC(C)(C)C. The van der Waals surface area contributed by atoms with Gasteiger partial charge >= 0.3 is 19.9 Å². The van der Waals surface area contributed by atoms with Crippen LogP contribution in [0.25, 0.3) is 10.8 Å². The molecule has 2 amide bonds. The van der Waals surface area contributed by atoms with Crippen LogP contribution in [0.3, 0.4) is 0 Å². The Balaban J connectivity index is 1.87. The Morgan fingerprint density at radius 3 is 2.19 bits per heavy atom. The number of hydrogen-bond donors (Lipinski definition) is 2. The minimum atomic E-state index is -5.23. The quantitative estimate of drug-likeness (QED) is 0.166. The average Bonchev–Trinajstić information content (AvgIpc) is 3.20. The zero-order chi connectivity index (χ0) is 31.8. The van der Waals surface area contributed by atoms with E-state index in [-0.39, 0.29) is 40.7 Å². The second kappa shape index (κ2) is 11.9. The van der Waals surface area contributed by atoms with Gasteiger partial charge in [0.25, 0.3) is 11.6 Å². The summed E-state index contributed by atoms with van der Waals surface area (Å²) in [5, 5.41) is 24.3. The van der Waals surface area contributed by atoms with Gasteiger partial charge in [-0.25, -0.2) is 4.57 Å². The van der Waals surface area contributed by atoms with E-state index in [1.165, 1.54) is 18.2 Å². The molecule has 0 saturated heterocycles. The largest absolute Gasteiger partial charge is 0.475 e. The second-order valence-electron chi connectivity index (χ2n) is 11.6. The first-order valence-electron chi connectivity index (χ1n) is 12.8. The van der Waals surface area contributed by atoms with Gasteiger partial charge in [0, 0.05) is 30.6 Å². The van der Waals surface area contributed by atoms with Gasteiger partial charge in [0.15, 0.2) is 0 Å². The van der Waals surface area contributed by atoms with Crippen molar-refractivity contribution in [2.24, 2.45) is 0 Å². The number of anilines is 1. The molecule has 42 heavy (non-hydrogen) atoms. The average molecular weight is 620 g/mol. The van der Waals surface area contributed by atoms with Gasteiger partial charge in [0.2, 0.25) is 0 Å². The van der Waals surface area contributed by atoms with Crippen molar-refractivity contribution in [2.45, 2.75) is 64.8 Å². The number of aliphatic hydroxyl groups excluding tert-OH is 1. The number of nitrogens with zero attached hydrogens (tertiary/aromatic N) is 2. The zero-order valence-corrected chi connectivity index (χ0v) is 24.8. The van der Waals surface area contributed by atoms with Gasteiger partial charge in [0.1, 0.15) is 0 Å². The van der Waals surface area contributed by atoms with Crippen LogP contribution in [0.1, 0.15) is 63.4 Å². The van der Waals surface area contributed by atoms with E-state index in [9.17, 15) is 42.5 Å². The van der Waals surface area contributed by atoms with Crippen LogP contribution in [-0.4, -0.2) is 65.5 Å². The topological polar surface area (TPSA) is 158 Å². The normalized spacial score (nSPS) is 16.0. The molecule has 0 aliphatic carbocycles. The van der Waals surface area contributed by atoms with Crippen LogP contribution in [-0.2, 0) is 22.9 Å². The summed E-state index contributed by atoms with van der Waals surface area (Å²) in [6.07, 6.45) is -5.23. The molecule has 2 N–H and O–H groups in total. The van der Waals surface area contributed by atoms with Gasteiger partial charge in [-0.15, -0.1) is 0 Å². The number of fused-ring (bicyclic) bond motifs is 3. The molecule has 0 fully saturated rings. The summed E-state index contributed by atoms with van der Waals surface area (Å²) in [7, 11) is -4.03. The molecule has 0 saturated carbocycles. The molecule has 1 aliphatic heterocycles. The van der Waals surface area contributed by atoms with E-state index in [4.69, 9.17) is 13.6 Å². The summed E-state index contributed by atoms with van der Waals surface area (Å²) in [4.78, 5) is 36.3. The van der Waals surface area contributed by atoms with E-state index in [0.29, 0.717) is 4.90 Å². The number of aliphatic hydroxyl groups is 1. The molecule has 1 unspecified atom stereocenters. The summed E-state index contributed by atoms with van der Waals surface area (Å²) in [5.74, 6) is -3.82. The first-order valence-corrected chi connectivity index (χ1v) is 14.3. The molecule has 0 radical (unpaired) electrons. The Kier molecular flexibility index (Phi) is 9.45. The molecule has 1 heterocycles. The molecule has 0 bridgehead atoms. The molecule has 16 heteroatoms. The van der Waals surface area contributed by atoms with Gasteiger partial charge in [0.05, 0.1) is 40.4 Å². The first kappa shape index (κ1) is 33.4. The Labute approximate surface area is 239 Å². The molecule has 1 aliphatic rings. The number of halogens is 3. The number of hydrogen-bond acceptors (Lipinski definition) is 9. The Bertz CT molecular complexity index is 1410. The molecule has 3 rings (SSSR count). The lowest BCUT2D eigenvalue weighted by Gasteiger charge is -2.30. The highest BCUT2D eigenvalue weighted by Gasteiger charge is 2.47. The number of non-ortho nitro benzene ring substituents is 1. The minimum Gasteiger partial charge on any atom is -0.396 e. The highest BCUT2D eigenvalue weighted by atomic mass is 31.2. The third kappa shape index (κ3) is 7.84. The lowest BCUT2D eigenvalue weighted by atomic mass is 9.93. The molecule has 1 atom stereocenters. The van der Waals surface area contributed by atoms with E-state index in [1.807, 2.05) is 0 Å².